The van der Waals surface area contributed by atoms with Crippen molar-refractivity contribution >= 4 is 29.2 Å². The van der Waals surface area contributed by atoms with E-state index in [9.17, 15) is 14.4 Å². The number of nitrogens with one attached hydrogen (secondary N) is 3. The molecule has 0 saturated carbocycles. The zero-order valence-corrected chi connectivity index (χ0v) is 23.7. The molecule has 8 rings (SSSR count). The van der Waals surface area contributed by atoms with Crippen molar-refractivity contribution in [3.8, 4) is 0 Å². The average Bonchev–Trinajstić information content (AvgIpc) is 3.49. The summed E-state index contributed by atoms with van der Waals surface area (Å²) in [5, 5.41) is 9.17. The summed E-state index contributed by atoms with van der Waals surface area (Å²) < 4.78 is 0. The van der Waals surface area contributed by atoms with Gasteiger partial charge in [-0.2, -0.15) is 0 Å². The quantitative estimate of drug-likeness (QED) is 0.390. The van der Waals surface area contributed by atoms with Gasteiger partial charge in [-0.1, -0.05) is 36.4 Å². The molecule has 3 amide bonds. The first-order chi connectivity index (χ1) is 20.4. The minimum atomic E-state index is -0.662. The van der Waals surface area contributed by atoms with Crippen LogP contribution in [0.15, 0.2) is 71.9 Å². The molecule has 4 aliphatic heterocycles. The van der Waals surface area contributed by atoms with Crippen LogP contribution in [0.25, 0.3) is 0 Å². The van der Waals surface area contributed by atoms with Crippen LogP contribution in [0.2, 0.25) is 0 Å². The van der Waals surface area contributed by atoms with Gasteiger partial charge in [0.05, 0.1) is 5.41 Å². The van der Waals surface area contributed by atoms with Crippen LogP contribution < -0.4 is 16.0 Å². The number of anilines is 2. The van der Waals surface area contributed by atoms with Gasteiger partial charge in [0.2, 0.25) is 11.8 Å². The van der Waals surface area contributed by atoms with Gasteiger partial charge < -0.3 is 20.9 Å². The van der Waals surface area contributed by atoms with Gasteiger partial charge in [-0.3, -0.25) is 19.3 Å². The van der Waals surface area contributed by atoms with E-state index in [0.717, 1.165) is 59.4 Å². The molecule has 1 unspecified atom stereocenters. The number of aromatic nitrogens is 1. The van der Waals surface area contributed by atoms with Gasteiger partial charge in [-0.25, -0.2) is 4.98 Å². The third-order valence-electron chi connectivity index (χ3n) is 9.12. The van der Waals surface area contributed by atoms with Crippen LogP contribution in [-0.4, -0.2) is 65.7 Å². The van der Waals surface area contributed by atoms with Crippen LogP contribution in [0.1, 0.15) is 34.2 Å². The predicted molar refractivity (Wildman–Crippen MR) is 160 cm³/mol. The Kier molecular flexibility index (Phi) is 6.63. The summed E-state index contributed by atoms with van der Waals surface area (Å²) in [6.45, 7) is 3.59. The Balaban J connectivity index is 1.10. The number of nitrogens with zero attached hydrogens (tertiary/aromatic N) is 3. The predicted octanol–water partition coefficient (Wildman–Crippen LogP) is 2.77. The Labute approximate surface area is 245 Å². The van der Waals surface area contributed by atoms with Crippen molar-refractivity contribution in [1.82, 2.24) is 20.1 Å². The zero-order chi connectivity index (χ0) is 28.8. The van der Waals surface area contributed by atoms with Gasteiger partial charge in [0.25, 0.3) is 5.91 Å². The molecule has 1 spiro atoms. The molecule has 3 aromatic rings. The molecular weight excluding hydrogens is 528 g/mol. The number of hydrogen-bond acceptors (Lipinski definition) is 6. The van der Waals surface area contributed by atoms with Gasteiger partial charge in [0, 0.05) is 55.7 Å². The second-order valence-corrected chi connectivity index (χ2v) is 11.8. The average molecular weight is 563 g/mol. The fourth-order valence-electron chi connectivity index (χ4n) is 6.94. The lowest BCUT2D eigenvalue weighted by molar-refractivity contribution is -0.132. The molecule has 2 aromatic carbocycles. The molecule has 9 heteroatoms. The topological polar surface area (TPSA) is 107 Å². The first kappa shape index (κ1) is 26.6. The van der Waals surface area contributed by atoms with Gasteiger partial charge >= 0.3 is 0 Å². The molecule has 1 fully saturated rings. The highest BCUT2D eigenvalue weighted by molar-refractivity contribution is 6.06. The normalized spacial score (nSPS) is 20.2. The number of amides is 3. The summed E-state index contributed by atoms with van der Waals surface area (Å²) >= 11 is 0. The summed E-state index contributed by atoms with van der Waals surface area (Å²) in [6, 6.07) is 17.7. The fraction of sp³-hybridized carbons (Fsp3) is 0.333. The third kappa shape index (κ3) is 4.59. The van der Waals surface area contributed by atoms with Crippen LogP contribution >= 0.6 is 0 Å². The molecule has 1 atom stereocenters. The standard InChI is InChI=1S/C33H34N6O3/c1-34-16-22-5-2-3-6-23(22)19-39(31(41)27-10-12-38-17-25(27)18-38)20-29(40)36-26-9-8-21-14-33(15-24(21)13-26)28-7-4-11-35-30(28)37-32(33)42/h2-9,11,13,34H,10,12,14-20H2,1H3,(H,36,40)(H,35,37,42). The number of hydrogen-bond donors (Lipinski definition) is 3. The van der Waals surface area contributed by atoms with Gasteiger partial charge in [-0.15, -0.1) is 0 Å². The summed E-state index contributed by atoms with van der Waals surface area (Å²) in [5.41, 5.74) is 7.26. The molecule has 5 aliphatic rings. The molecule has 2 bridgehead atoms. The molecular formula is C33H34N6O3. The molecule has 1 saturated heterocycles. The Morgan fingerprint density at radius 2 is 1.86 bits per heavy atom. The summed E-state index contributed by atoms with van der Waals surface area (Å²) in [7, 11) is 1.90. The fourth-order valence-corrected chi connectivity index (χ4v) is 6.94. The van der Waals surface area contributed by atoms with Gasteiger partial charge in [0.15, 0.2) is 0 Å². The Morgan fingerprint density at radius 3 is 2.64 bits per heavy atom. The maximum atomic E-state index is 13.8. The van der Waals surface area contributed by atoms with E-state index in [1.807, 2.05) is 55.6 Å². The van der Waals surface area contributed by atoms with Crippen LogP contribution in [0.5, 0.6) is 0 Å². The SMILES string of the molecule is CNCc1ccccc1CN(CC(=O)Nc1ccc2c(c1)CC1(C2)C(=O)Nc2ncccc21)C(=O)C1=C2CN(CC1)C2. The van der Waals surface area contributed by atoms with E-state index in [2.05, 4.69) is 31.9 Å². The van der Waals surface area contributed by atoms with Gasteiger partial charge in [-0.05, 0) is 72.3 Å². The molecule has 214 valence electrons. The van der Waals surface area contributed by atoms with Crippen molar-refractivity contribution in [2.75, 3.05) is 43.9 Å². The lowest BCUT2D eigenvalue weighted by Gasteiger charge is -2.41. The van der Waals surface area contributed by atoms with Crippen molar-refractivity contribution in [2.45, 2.75) is 37.8 Å². The van der Waals surface area contributed by atoms with E-state index in [-0.39, 0.29) is 24.3 Å². The summed E-state index contributed by atoms with van der Waals surface area (Å²) in [4.78, 5) is 48.7. The molecule has 42 heavy (non-hydrogen) atoms. The second-order valence-electron chi connectivity index (χ2n) is 11.8. The number of carbonyl (C=O) groups is 3. The van der Waals surface area contributed by atoms with E-state index in [1.165, 1.54) is 5.57 Å². The van der Waals surface area contributed by atoms with Crippen molar-refractivity contribution in [1.29, 1.82) is 0 Å². The first-order valence-electron chi connectivity index (χ1n) is 14.6. The Hall–Kier alpha value is -4.34. The number of carbonyl (C=O) groups excluding carboxylic acids is 3. The van der Waals surface area contributed by atoms with E-state index >= 15 is 0 Å². The number of fused-ring (bicyclic) bond motifs is 5. The monoisotopic (exact) mass is 562 g/mol. The van der Waals surface area contributed by atoms with Crippen LogP contribution in [-0.2, 0) is 45.7 Å². The van der Waals surface area contributed by atoms with E-state index in [1.54, 1.807) is 11.1 Å². The number of benzene rings is 2. The summed E-state index contributed by atoms with van der Waals surface area (Å²) in [5.74, 6) is 0.313. The zero-order valence-electron chi connectivity index (χ0n) is 23.7. The largest absolute Gasteiger partial charge is 0.325 e. The molecule has 5 heterocycles. The minimum absolute atomic E-state index is 0.0293. The number of pyridine rings is 1. The second kappa shape index (κ2) is 10.5. The maximum absolute atomic E-state index is 13.8. The lowest BCUT2D eigenvalue weighted by Crippen LogP contribution is -2.49. The minimum Gasteiger partial charge on any atom is -0.325 e. The highest BCUT2D eigenvalue weighted by Crippen LogP contribution is 2.47. The molecule has 1 aliphatic carbocycles. The molecule has 0 radical (unpaired) electrons. The van der Waals surface area contributed by atoms with Crippen LogP contribution in [0.3, 0.4) is 0 Å². The van der Waals surface area contributed by atoms with Crippen molar-refractivity contribution in [2.24, 2.45) is 0 Å². The van der Waals surface area contributed by atoms with Crippen LogP contribution in [0, 0.1) is 0 Å². The third-order valence-corrected chi connectivity index (χ3v) is 9.12. The van der Waals surface area contributed by atoms with Gasteiger partial charge in [0.1, 0.15) is 12.4 Å². The Morgan fingerprint density at radius 1 is 1.05 bits per heavy atom. The lowest BCUT2D eigenvalue weighted by atomic mass is 9.79. The molecule has 1 aromatic heterocycles. The van der Waals surface area contributed by atoms with Crippen molar-refractivity contribution in [3.05, 3.63) is 99.8 Å². The molecule has 9 nitrogen and oxygen atoms in total. The highest BCUT2D eigenvalue weighted by Gasteiger charge is 2.51. The maximum Gasteiger partial charge on any atom is 0.250 e. The van der Waals surface area contributed by atoms with E-state index in [0.29, 0.717) is 37.4 Å². The number of rotatable bonds is 8. The Bertz CT molecular complexity index is 1640. The van der Waals surface area contributed by atoms with Crippen molar-refractivity contribution in [3.63, 3.8) is 0 Å². The van der Waals surface area contributed by atoms with Crippen molar-refractivity contribution < 1.29 is 14.4 Å². The first-order valence-corrected chi connectivity index (χ1v) is 14.6. The highest BCUT2D eigenvalue weighted by atomic mass is 16.2. The summed E-state index contributed by atoms with van der Waals surface area (Å²) in [6.07, 6.45) is 3.57. The smallest absolute Gasteiger partial charge is 0.250 e. The molecule has 3 N–H and O–H groups in total. The van der Waals surface area contributed by atoms with E-state index < -0.39 is 5.41 Å². The van der Waals surface area contributed by atoms with Crippen LogP contribution in [0.4, 0.5) is 11.5 Å². The van der Waals surface area contributed by atoms with E-state index in [4.69, 9.17) is 0 Å².